The molecule has 6 nitrogen and oxygen atoms in total. The molecule has 0 unspecified atom stereocenters. The molecule has 0 spiro atoms. The maximum Gasteiger partial charge on any atom is 0.338 e. The summed E-state index contributed by atoms with van der Waals surface area (Å²) in [5.41, 5.74) is 2.88. The number of hydrogen-bond donors (Lipinski definition) is 0. The zero-order chi connectivity index (χ0) is 18.0. The number of esters is 1. The summed E-state index contributed by atoms with van der Waals surface area (Å²) in [6.45, 7) is 0.386. The first-order valence-electron chi connectivity index (χ1n) is 7.66. The maximum atomic E-state index is 12.3. The van der Waals surface area contributed by atoms with Crippen molar-refractivity contribution in [3.8, 4) is 6.07 Å². The lowest BCUT2D eigenvalue weighted by molar-refractivity contribution is 0.0472. The Kier molecular flexibility index (Phi) is 4.47. The van der Waals surface area contributed by atoms with Gasteiger partial charge in [0.05, 0.1) is 29.1 Å². The summed E-state index contributed by atoms with van der Waals surface area (Å²) in [4.78, 5) is 12.3. The second kappa shape index (κ2) is 6.57. The number of ether oxygens (including phenoxy) is 1. The highest BCUT2D eigenvalue weighted by atomic mass is 32.2. The number of nitrogens with zero attached hydrogens (tertiary/aromatic N) is 2. The van der Waals surface area contributed by atoms with E-state index in [1.54, 1.807) is 42.5 Å². The summed E-state index contributed by atoms with van der Waals surface area (Å²) in [7, 11) is -3.32. The first-order chi connectivity index (χ1) is 11.9. The van der Waals surface area contributed by atoms with Crippen molar-refractivity contribution in [3.05, 3.63) is 64.7 Å². The summed E-state index contributed by atoms with van der Waals surface area (Å²) in [5, 5.41) is 9.05. The van der Waals surface area contributed by atoms with E-state index in [2.05, 4.69) is 6.07 Å². The molecule has 0 aliphatic carbocycles. The van der Waals surface area contributed by atoms with Crippen LogP contribution < -0.4 is 4.31 Å². The van der Waals surface area contributed by atoms with Crippen molar-refractivity contribution in [2.45, 2.75) is 13.0 Å². The first kappa shape index (κ1) is 17.0. The van der Waals surface area contributed by atoms with Crippen molar-refractivity contribution in [1.29, 1.82) is 5.26 Å². The van der Waals surface area contributed by atoms with Crippen molar-refractivity contribution < 1.29 is 17.9 Å². The molecule has 3 rings (SSSR count). The number of fused-ring (bicyclic) bond motifs is 1. The van der Waals surface area contributed by atoms with Gasteiger partial charge >= 0.3 is 5.97 Å². The van der Waals surface area contributed by atoms with Crippen LogP contribution in [-0.4, -0.2) is 27.2 Å². The highest BCUT2D eigenvalue weighted by Gasteiger charge is 2.27. The van der Waals surface area contributed by atoms with Crippen molar-refractivity contribution in [1.82, 2.24) is 0 Å². The molecule has 2 aromatic carbocycles. The highest BCUT2D eigenvalue weighted by Crippen LogP contribution is 2.30. The van der Waals surface area contributed by atoms with Crippen LogP contribution in [0, 0.1) is 11.3 Å². The Balaban J connectivity index is 1.75. The van der Waals surface area contributed by atoms with Crippen LogP contribution in [0.5, 0.6) is 0 Å². The molecular formula is C18H16N2O4S. The predicted molar refractivity (Wildman–Crippen MR) is 92.6 cm³/mol. The molecular weight excluding hydrogens is 340 g/mol. The van der Waals surface area contributed by atoms with Crippen LogP contribution >= 0.6 is 0 Å². The van der Waals surface area contributed by atoms with Gasteiger partial charge in [-0.15, -0.1) is 0 Å². The van der Waals surface area contributed by atoms with Crippen LogP contribution in [0.25, 0.3) is 0 Å². The number of benzene rings is 2. The summed E-state index contributed by atoms with van der Waals surface area (Å²) in [5.74, 6) is -0.506. The van der Waals surface area contributed by atoms with Gasteiger partial charge in [-0.05, 0) is 36.2 Å². The van der Waals surface area contributed by atoms with Gasteiger partial charge in [-0.2, -0.15) is 5.26 Å². The smallest absolute Gasteiger partial charge is 0.338 e. The van der Waals surface area contributed by atoms with Gasteiger partial charge in [0.25, 0.3) is 0 Å². The molecule has 1 aliphatic rings. The molecule has 0 saturated carbocycles. The number of anilines is 1. The molecule has 2 aromatic rings. The molecule has 128 valence electrons. The van der Waals surface area contributed by atoms with E-state index in [0.29, 0.717) is 35.3 Å². The van der Waals surface area contributed by atoms with Crippen LogP contribution in [0.4, 0.5) is 5.69 Å². The minimum atomic E-state index is -3.32. The molecule has 7 heteroatoms. The second-order valence-electron chi connectivity index (χ2n) is 5.77. The van der Waals surface area contributed by atoms with Gasteiger partial charge in [-0.1, -0.05) is 18.2 Å². The molecule has 1 heterocycles. The Morgan fingerprint density at radius 3 is 2.76 bits per heavy atom. The Hall–Kier alpha value is -2.85. The molecule has 0 bridgehead atoms. The molecule has 0 atom stereocenters. The lowest BCUT2D eigenvalue weighted by atomic mass is 10.1. The van der Waals surface area contributed by atoms with E-state index in [1.807, 2.05) is 0 Å². The van der Waals surface area contributed by atoms with Crippen LogP contribution in [0.15, 0.2) is 42.5 Å². The number of carbonyl (C=O) groups is 1. The number of rotatable bonds is 4. The fraction of sp³-hybridized carbons (Fsp3) is 0.222. The minimum Gasteiger partial charge on any atom is -0.457 e. The maximum absolute atomic E-state index is 12.3. The first-order valence-corrected chi connectivity index (χ1v) is 9.51. The van der Waals surface area contributed by atoms with Crippen LogP contribution in [0.2, 0.25) is 0 Å². The Morgan fingerprint density at radius 2 is 2.04 bits per heavy atom. The molecule has 0 fully saturated rings. The zero-order valence-electron chi connectivity index (χ0n) is 13.6. The van der Waals surface area contributed by atoms with E-state index in [9.17, 15) is 13.2 Å². The topological polar surface area (TPSA) is 87.5 Å². The Morgan fingerprint density at radius 1 is 1.28 bits per heavy atom. The molecule has 0 radical (unpaired) electrons. The molecule has 0 N–H and O–H groups in total. The zero-order valence-corrected chi connectivity index (χ0v) is 14.4. The molecule has 0 amide bonds. The lowest BCUT2D eigenvalue weighted by Crippen LogP contribution is -2.27. The van der Waals surface area contributed by atoms with Gasteiger partial charge in [-0.25, -0.2) is 13.2 Å². The number of carbonyl (C=O) groups excluding carboxylic acids is 1. The fourth-order valence-electron chi connectivity index (χ4n) is 2.82. The van der Waals surface area contributed by atoms with E-state index >= 15 is 0 Å². The normalized spacial score (nSPS) is 13.2. The van der Waals surface area contributed by atoms with Crippen molar-refractivity contribution >= 4 is 21.7 Å². The number of nitriles is 1. The third kappa shape index (κ3) is 3.49. The van der Waals surface area contributed by atoms with Crippen molar-refractivity contribution in [2.75, 3.05) is 17.1 Å². The van der Waals surface area contributed by atoms with E-state index in [0.717, 1.165) is 11.8 Å². The summed E-state index contributed by atoms with van der Waals surface area (Å²) >= 11 is 0. The summed E-state index contributed by atoms with van der Waals surface area (Å²) < 4.78 is 30.1. The molecule has 0 saturated heterocycles. The van der Waals surface area contributed by atoms with Gasteiger partial charge in [-0.3, -0.25) is 4.31 Å². The molecule has 0 aromatic heterocycles. The fourth-order valence-corrected chi connectivity index (χ4v) is 3.78. The minimum absolute atomic E-state index is 0.00904. The third-order valence-electron chi connectivity index (χ3n) is 4.07. The van der Waals surface area contributed by atoms with Gasteiger partial charge in [0.2, 0.25) is 10.0 Å². The summed E-state index contributed by atoms with van der Waals surface area (Å²) in [6.07, 6.45) is 1.72. The monoisotopic (exact) mass is 356 g/mol. The van der Waals surface area contributed by atoms with Crippen molar-refractivity contribution in [2.24, 2.45) is 0 Å². The Bertz CT molecular complexity index is 977. The molecule has 1 aliphatic heterocycles. The summed E-state index contributed by atoms with van der Waals surface area (Å²) in [6, 6.07) is 13.8. The van der Waals surface area contributed by atoms with E-state index in [1.165, 1.54) is 4.31 Å². The van der Waals surface area contributed by atoms with Gasteiger partial charge in [0, 0.05) is 12.1 Å². The van der Waals surface area contributed by atoms with E-state index < -0.39 is 16.0 Å². The van der Waals surface area contributed by atoms with Crippen LogP contribution in [0.1, 0.15) is 27.0 Å². The van der Waals surface area contributed by atoms with Gasteiger partial charge < -0.3 is 4.74 Å². The van der Waals surface area contributed by atoms with Crippen LogP contribution in [-0.2, 0) is 27.8 Å². The second-order valence-corrected chi connectivity index (χ2v) is 7.68. The van der Waals surface area contributed by atoms with Crippen LogP contribution in [0.3, 0.4) is 0 Å². The standard InChI is InChI=1S/C18H16N2O4S/c1-25(22,23)20-9-8-13-10-14(6-7-17(13)20)18(21)24-12-16-5-3-2-4-15(16)11-19/h2-7,10H,8-9,12H2,1H3. The highest BCUT2D eigenvalue weighted by molar-refractivity contribution is 7.92. The third-order valence-corrected chi connectivity index (χ3v) is 5.24. The SMILES string of the molecule is CS(=O)(=O)N1CCc2cc(C(=O)OCc3ccccc3C#N)ccc21. The van der Waals surface area contributed by atoms with E-state index in [-0.39, 0.29) is 6.61 Å². The van der Waals surface area contributed by atoms with Gasteiger partial charge in [0.1, 0.15) is 6.61 Å². The number of hydrogen-bond acceptors (Lipinski definition) is 5. The Labute approximate surface area is 146 Å². The van der Waals surface area contributed by atoms with E-state index in [4.69, 9.17) is 10.00 Å². The number of sulfonamides is 1. The lowest BCUT2D eigenvalue weighted by Gasteiger charge is -2.16. The molecule has 25 heavy (non-hydrogen) atoms. The van der Waals surface area contributed by atoms with Crippen molar-refractivity contribution in [3.63, 3.8) is 0 Å². The largest absolute Gasteiger partial charge is 0.457 e. The predicted octanol–water partition coefficient (Wildman–Crippen LogP) is 2.24. The quantitative estimate of drug-likeness (QED) is 0.784. The average Bonchev–Trinajstić information content (AvgIpc) is 3.03. The average molecular weight is 356 g/mol. The van der Waals surface area contributed by atoms with Gasteiger partial charge in [0.15, 0.2) is 0 Å².